The van der Waals surface area contributed by atoms with Crippen molar-refractivity contribution in [3.8, 4) is 28.8 Å². The van der Waals surface area contributed by atoms with Crippen molar-refractivity contribution >= 4 is 11.0 Å². The highest BCUT2D eigenvalue weighted by Crippen LogP contribution is 2.55. The minimum Gasteiger partial charge on any atom is -0.493 e. The predicted octanol–water partition coefficient (Wildman–Crippen LogP) is 4.84. The van der Waals surface area contributed by atoms with Crippen LogP contribution in [-0.4, -0.2) is 43.7 Å². The third-order valence-corrected chi connectivity index (χ3v) is 6.43. The van der Waals surface area contributed by atoms with Crippen molar-refractivity contribution in [2.75, 3.05) is 14.2 Å². The lowest BCUT2D eigenvalue weighted by atomic mass is 10.0. The van der Waals surface area contributed by atoms with Crippen molar-refractivity contribution in [2.45, 2.75) is 18.3 Å². The van der Waals surface area contributed by atoms with E-state index in [0.29, 0.717) is 39.7 Å². The Labute approximate surface area is 204 Å². The third kappa shape index (κ3) is 3.71. The van der Waals surface area contributed by atoms with Crippen LogP contribution in [-0.2, 0) is 0 Å². The van der Waals surface area contributed by atoms with Gasteiger partial charge in [-0.2, -0.15) is 0 Å². The molecule has 0 saturated heterocycles. The summed E-state index contributed by atoms with van der Waals surface area (Å²) in [5, 5.41) is 0. The zero-order valence-electron chi connectivity index (χ0n) is 19.4. The van der Waals surface area contributed by atoms with E-state index in [-0.39, 0.29) is 17.5 Å². The number of fused-ring (bicyclic) bond motifs is 1. The van der Waals surface area contributed by atoms with Gasteiger partial charge < -0.3 is 9.47 Å². The molecule has 10 heteroatoms. The van der Waals surface area contributed by atoms with Gasteiger partial charge in [0.05, 0.1) is 30.9 Å². The molecular formula is C26H20F2N6O2. The first-order valence-electron chi connectivity index (χ1n) is 11.2. The molecule has 2 aromatic carbocycles. The highest BCUT2D eigenvalue weighted by atomic mass is 19.2. The Hall–Kier alpha value is -4.47. The minimum atomic E-state index is -0.944. The number of imidazole rings is 1. The average Bonchev–Trinajstić information content (AvgIpc) is 3.62. The number of methoxy groups -OCH3 is 2. The molecule has 2 atom stereocenters. The van der Waals surface area contributed by atoms with E-state index in [1.807, 2.05) is 0 Å². The molecule has 36 heavy (non-hydrogen) atoms. The Morgan fingerprint density at radius 2 is 1.47 bits per heavy atom. The molecule has 0 bridgehead atoms. The maximum absolute atomic E-state index is 15.0. The zero-order valence-corrected chi connectivity index (χ0v) is 19.4. The van der Waals surface area contributed by atoms with Crippen molar-refractivity contribution in [2.24, 2.45) is 0 Å². The minimum absolute atomic E-state index is 0.0192. The molecule has 6 rings (SSSR count). The van der Waals surface area contributed by atoms with Gasteiger partial charge in [0.15, 0.2) is 34.8 Å². The number of hydrogen-bond donors (Lipinski definition) is 0. The van der Waals surface area contributed by atoms with E-state index < -0.39 is 11.6 Å². The van der Waals surface area contributed by atoms with Gasteiger partial charge in [0.1, 0.15) is 6.33 Å². The fourth-order valence-corrected chi connectivity index (χ4v) is 4.50. The molecule has 1 fully saturated rings. The van der Waals surface area contributed by atoms with E-state index in [2.05, 4.69) is 24.9 Å². The van der Waals surface area contributed by atoms with E-state index >= 15 is 0 Å². The monoisotopic (exact) mass is 486 g/mol. The summed E-state index contributed by atoms with van der Waals surface area (Å²) in [6.45, 7) is 0. The van der Waals surface area contributed by atoms with Crippen LogP contribution in [0.1, 0.15) is 29.4 Å². The Morgan fingerprint density at radius 1 is 0.806 bits per heavy atom. The molecule has 1 aliphatic carbocycles. The lowest BCUT2D eigenvalue weighted by Gasteiger charge is -2.12. The molecule has 0 aliphatic heterocycles. The summed E-state index contributed by atoms with van der Waals surface area (Å²) in [5.74, 6) is 0.125. The normalized spacial score (nSPS) is 16.8. The second kappa shape index (κ2) is 8.63. The van der Waals surface area contributed by atoms with Crippen molar-refractivity contribution in [1.29, 1.82) is 0 Å². The molecule has 8 nitrogen and oxygen atoms in total. The van der Waals surface area contributed by atoms with E-state index in [1.54, 1.807) is 49.1 Å². The summed E-state index contributed by atoms with van der Waals surface area (Å²) >= 11 is 0. The summed E-state index contributed by atoms with van der Waals surface area (Å²) in [4.78, 5) is 21.4. The number of halogens is 2. The number of ether oxygens (including phenoxy) is 2. The maximum Gasteiger partial charge on any atom is 0.197 e. The summed E-state index contributed by atoms with van der Waals surface area (Å²) in [6.07, 6.45) is 9.00. The van der Waals surface area contributed by atoms with Gasteiger partial charge in [-0.3, -0.25) is 4.57 Å². The van der Waals surface area contributed by atoms with Gasteiger partial charge in [-0.1, -0.05) is 0 Å². The molecular weight excluding hydrogens is 466 g/mol. The van der Waals surface area contributed by atoms with Crippen LogP contribution in [0.25, 0.3) is 28.4 Å². The summed E-state index contributed by atoms with van der Waals surface area (Å²) in [6, 6.07) is 8.06. The van der Waals surface area contributed by atoms with Gasteiger partial charge in [0.2, 0.25) is 0 Å². The van der Waals surface area contributed by atoms with Crippen LogP contribution in [0.5, 0.6) is 11.5 Å². The highest BCUT2D eigenvalue weighted by molar-refractivity contribution is 5.81. The first kappa shape index (κ1) is 22.0. The van der Waals surface area contributed by atoms with Gasteiger partial charge in [-0.05, 0) is 47.6 Å². The quantitative estimate of drug-likeness (QED) is 0.339. The molecule has 1 saturated carbocycles. The topological polar surface area (TPSA) is 87.8 Å². The summed E-state index contributed by atoms with van der Waals surface area (Å²) < 4.78 is 42.0. The number of aromatic nitrogens is 6. The highest BCUT2D eigenvalue weighted by Gasteiger charge is 2.41. The second-order valence-corrected chi connectivity index (χ2v) is 8.51. The van der Waals surface area contributed by atoms with Crippen molar-refractivity contribution < 1.29 is 18.3 Å². The molecule has 0 spiro atoms. The maximum atomic E-state index is 15.0. The van der Waals surface area contributed by atoms with Crippen LogP contribution in [0.2, 0.25) is 0 Å². The SMILES string of the molecule is COc1cc2ncn(-c3cc([C@@H]4C[C@H]4c4cnc(-c5ncccn5)nc4)cc(F)c3F)c2cc1OC. The Kier molecular flexibility index (Phi) is 5.28. The molecule has 0 amide bonds. The summed E-state index contributed by atoms with van der Waals surface area (Å²) in [5.41, 5.74) is 2.85. The van der Waals surface area contributed by atoms with Crippen LogP contribution in [0.3, 0.4) is 0 Å². The smallest absolute Gasteiger partial charge is 0.197 e. The first-order valence-corrected chi connectivity index (χ1v) is 11.2. The van der Waals surface area contributed by atoms with E-state index in [9.17, 15) is 8.78 Å². The second-order valence-electron chi connectivity index (χ2n) is 8.51. The number of nitrogens with zero attached hydrogens (tertiary/aromatic N) is 6. The largest absolute Gasteiger partial charge is 0.493 e. The molecule has 0 N–H and O–H groups in total. The van der Waals surface area contributed by atoms with Crippen LogP contribution in [0.15, 0.2) is 61.4 Å². The van der Waals surface area contributed by atoms with Gasteiger partial charge >= 0.3 is 0 Å². The molecule has 5 aromatic rings. The van der Waals surface area contributed by atoms with E-state index in [4.69, 9.17) is 9.47 Å². The van der Waals surface area contributed by atoms with Crippen molar-refractivity contribution in [1.82, 2.24) is 29.5 Å². The van der Waals surface area contributed by atoms with Gasteiger partial charge in [-0.15, -0.1) is 0 Å². The van der Waals surface area contributed by atoms with Gasteiger partial charge in [0.25, 0.3) is 0 Å². The lowest BCUT2D eigenvalue weighted by Crippen LogP contribution is -2.02. The van der Waals surface area contributed by atoms with E-state index in [0.717, 1.165) is 12.0 Å². The van der Waals surface area contributed by atoms with Crippen molar-refractivity contribution in [3.05, 3.63) is 84.2 Å². The molecule has 3 aromatic heterocycles. The lowest BCUT2D eigenvalue weighted by molar-refractivity contribution is 0.355. The fraction of sp³-hybridized carbons (Fsp3) is 0.192. The number of rotatable bonds is 6. The Morgan fingerprint density at radius 3 is 2.19 bits per heavy atom. The molecule has 0 radical (unpaired) electrons. The Bertz CT molecular complexity index is 1570. The third-order valence-electron chi connectivity index (χ3n) is 6.43. The zero-order chi connectivity index (χ0) is 24.8. The summed E-state index contributed by atoms with van der Waals surface area (Å²) in [7, 11) is 3.04. The Balaban J connectivity index is 1.32. The van der Waals surface area contributed by atoms with E-state index in [1.165, 1.54) is 31.2 Å². The fourth-order valence-electron chi connectivity index (χ4n) is 4.50. The van der Waals surface area contributed by atoms with Crippen LogP contribution in [0.4, 0.5) is 8.78 Å². The molecule has 180 valence electrons. The van der Waals surface area contributed by atoms with Crippen LogP contribution >= 0.6 is 0 Å². The van der Waals surface area contributed by atoms with Crippen LogP contribution in [0, 0.1) is 11.6 Å². The predicted molar refractivity (Wildman–Crippen MR) is 127 cm³/mol. The molecule has 3 heterocycles. The number of hydrogen-bond acceptors (Lipinski definition) is 7. The molecule has 0 unspecified atom stereocenters. The number of benzene rings is 2. The van der Waals surface area contributed by atoms with Gasteiger partial charge in [-0.25, -0.2) is 33.7 Å². The van der Waals surface area contributed by atoms with Gasteiger partial charge in [0, 0.05) is 36.9 Å². The molecule has 1 aliphatic rings. The standard InChI is InChI=1S/C26H20F2N6O2/c1-35-22-9-19-20(10-23(22)36-2)34(13-33-19)21-7-14(6-18(27)24(21)28)16-8-17(16)15-11-31-26(32-12-15)25-29-4-3-5-30-25/h3-7,9-13,16-17H,8H2,1-2H3/t16-,17-/m0/s1. The average molecular weight is 486 g/mol. The van der Waals surface area contributed by atoms with Crippen LogP contribution < -0.4 is 9.47 Å². The van der Waals surface area contributed by atoms with Crippen molar-refractivity contribution in [3.63, 3.8) is 0 Å². The first-order chi connectivity index (χ1) is 17.6.